The number of benzene rings is 10. The van der Waals surface area contributed by atoms with Crippen LogP contribution in [-0.2, 0) is 6.18 Å². The smallest absolute Gasteiger partial charge is 0.319 e. The van der Waals surface area contributed by atoms with Crippen LogP contribution in [0.25, 0.3) is 115 Å². The molecule has 0 unspecified atom stereocenters. The highest BCUT2D eigenvalue weighted by Crippen LogP contribution is 2.50. The van der Waals surface area contributed by atoms with Crippen molar-refractivity contribution in [3.05, 3.63) is 245 Å². The van der Waals surface area contributed by atoms with E-state index in [-0.39, 0.29) is 11.3 Å². The molecule has 0 N–H and O–H groups in total. The fourth-order valence-corrected chi connectivity index (χ4v) is 11.1. The highest BCUT2D eigenvalue weighted by Gasteiger charge is 2.36. The average molecular weight is 952 g/mol. The molecule has 6 heteroatoms. The van der Waals surface area contributed by atoms with E-state index in [0.29, 0.717) is 22.5 Å². The van der Waals surface area contributed by atoms with Gasteiger partial charge in [0, 0.05) is 21.5 Å². The Bertz CT molecular complexity index is 4070. The van der Waals surface area contributed by atoms with E-state index in [4.69, 9.17) is 0 Å². The summed E-state index contributed by atoms with van der Waals surface area (Å²) in [6.07, 6.45) is -4.68. The van der Waals surface area contributed by atoms with Crippen LogP contribution in [0.3, 0.4) is 0 Å². The molecule has 3 nitrogen and oxygen atoms in total. The maximum Gasteiger partial charge on any atom is 0.417 e. The molecule has 0 aliphatic carbocycles. The van der Waals surface area contributed by atoms with E-state index >= 15 is 13.2 Å². The Morgan fingerprint density at radius 3 is 1.10 bits per heavy atom. The minimum absolute atomic E-state index is 0.0389. The van der Waals surface area contributed by atoms with E-state index in [9.17, 15) is 6.57 Å². The summed E-state index contributed by atoms with van der Waals surface area (Å²) in [5.74, 6) is 0. The standard InChI is InChI=1S/C67H48F3N3/c1-40-12-7-17-45(32-40)49-22-27-59-54(36-49)55-37-50(46-18-8-13-41(2)33-46)23-28-60(55)72(59)63-31-26-53(64-44(5)16-11-21-58(64)67(68,69)70)66(65(63)71-6)73-61-29-24-51(47-19-9-14-42(3)34-47)38-56(61)57-39-52(25-30-62(57)73)48-20-10-15-43(4)35-48/h7-39H,1-5H3. The Hall–Kier alpha value is -8.92. The molecule has 2 aromatic heterocycles. The molecular formula is C67H48F3N3. The molecule has 0 saturated heterocycles. The van der Waals surface area contributed by atoms with Gasteiger partial charge in [0.05, 0.1) is 45.6 Å². The summed E-state index contributed by atoms with van der Waals surface area (Å²) in [5.41, 5.74) is 17.5. The SMILES string of the molecule is [C-]#[N+]c1c(-n2c3ccc(-c4cccc(C)c4)cc3c3cc(-c4cccc(C)c4)ccc32)ccc(-c2c(C)cccc2C(F)(F)F)c1-n1c2ccc(-c3cccc(C)c3)cc2c2cc(-c3cccc(C)c3)ccc21. The second-order valence-electron chi connectivity index (χ2n) is 19.5. The van der Waals surface area contributed by atoms with Crippen LogP contribution in [0.1, 0.15) is 33.4 Å². The fourth-order valence-electron chi connectivity index (χ4n) is 11.1. The minimum Gasteiger partial charge on any atom is -0.319 e. The predicted molar refractivity (Wildman–Crippen MR) is 297 cm³/mol. The van der Waals surface area contributed by atoms with Gasteiger partial charge in [-0.15, -0.1) is 0 Å². The molecule has 0 amide bonds. The lowest BCUT2D eigenvalue weighted by Crippen LogP contribution is -2.10. The molecule has 0 bridgehead atoms. The van der Waals surface area contributed by atoms with Gasteiger partial charge in [-0.25, -0.2) is 4.85 Å². The molecule has 0 saturated carbocycles. The monoisotopic (exact) mass is 951 g/mol. The summed E-state index contributed by atoms with van der Waals surface area (Å²) < 4.78 is 50.6. The van der Waals surface area contributed by atoms with E-state index < -0.39 is 11.7 Å². The minimum atomic E-state index is -4.68. The van der Waals surface area contributed by atoms with Crippen LogP contribution in [0.4, 0.5) is 18.9 Å². The average Bonchev–Trinajstić information content (AvgIpc) is 3.89. The molecule has 73 heavy (non-hydrogen) atoms. The van der Waals surface area contributed by atoms with Gasteiger partial charge >= 0.3 is 6.18 Å². The maximum atomic E-state index is 15.5. The fraction of sp³-hybridized carbons (Fsp3) is 0.0896. The predicted octanol–water partition coefficient (Wildman–Crippen LogP) is 19.3. The lowest BCUT2D eigenvalue weighted by Gasteiger charge is -2.23. The maximum absolute atomic E-state index is 15.5. The summed E-state index contributed by atoms with van der Waals surface area (Å²) >= 11 is 0. The van der Waals surface area contributed by atoms with Crippen molar-refractivity contribution >= 4 is 49.3 Å². The van der Waals surface area contributed by atoms with Crippen molar-refractivity contribution in [1.29, 1.82) is 0 Å². The first-order valence-electron chi connectivity index (χ1n) is 24.5. The molecule has 2 heterocycles. The lowest BCUT2D eigenvalue weighted by molar-refractivity contribution is -0.137. The van der Waals surface area contributed by atoms with Gasteiger partial charge < -0.3 is 9.13 Å². The second kappa shape index (κ2) is 17.4. The zero-order valence-electron chi connectivity index (χ0n) is 41.0. The van der Waals surface area contributed by atoms with Gasteiger partial charge in [-0.1, -0.05) is 162 Å². The zero-order valence-corrected chi connectivity index (χ0v) is 41.0. The van der Waals surface area contributed by atoms with Crippen LogP contribution < -0.4 is 0 Å². The first kappa shape index (κ1) is 45.2. The third-order valence-corrected chi connectivity index (χ3v) is 14.5. The van der Waals surface area contributed by atoms with Crippen molar-refractivity contribution in [3.8, 4) is 67.0 Å². The van der Waals surface area contributed by atoms with E-state index in [2.05, 4.69) is 207 Å². The summed E-state index contributed by atoms with van der Waals surface area (Å²) in [6, 6.07) is 67.2. The van der Waals surface area contributed by atoms with E-state index in [1.165, 1.54) is 6.07 Å². The largest absolute Gasteiger partial charge is 0.417 e. The van der Waals surface area contributed by atoms with Crippen molar-refractivity contribution in [2.24, 2.45) is 0 Å². The van der Waals surface area contributed by atoms with Crippen LogP contribution in [0.2, 0.25) is 0 Å². The van der Waals surface area contributed by atoms with E-state index in [0.717, 1.165) is 116 Å². The number of aryl methyl sites for hydroxylation is 5. The van der Waals surface area contributed by atoms with Gasteiger partial charge in [-0.2, -0.15) is 13.2 Å². The van der Waals surface area contributed by atoms with E-state index in [1.54, 1.807) is 19.1 Å². The van der Waals surface area contributed by atoms with Gasteiger partial charge in [-0.05, 0) is 156 Å². The van der Waals surface area contributed by atoms with Gasteiger partial charge in [0.15, 0.2) is 0 Å². The number of aromatic nitrogens is 2. The van der Waals surface area contributed by atoms with Gasteiger partial charge in [-0.3, -0.25) is 0 Å². The first-order valence-corrected chi connectivity index (χ1v) is 24.5. The van der Waals surface area contributed by atoms with Gasteiger partial charge in [0.25, 0.3) is 0 Å². The molecule has 12 rings (SSSR count). The van der Waals surface area contributed by atoms with Crippen molar-refractivity contribution in [2.75, 3.05) is 0 Å². The quantitative estimate of drug-likeness (QED) is 0.141. The van der Waals surface area contributed by atoms with Crippen LogP contribution in [0.5, 0.6) is 0 Å². The second-order valence-corrected chi connectivity index (χ2v) is 19.5. The number of hydrogen-bond acceptors (Lipinski definition) is 0. The molecular weight excluding hydrogens is 904 g/mol. The highest BCUT2D eigenvalue weighted by atomic mass is 19.4. The molecule has 352 valence electrons. The third-order valence-electron chi connectivity index (χ3n) is 14.5. The molecule has 12 aromatic rings. The number of hydrogen-bond donors (Lipinski definition) is 0. The van der Waals surface area contributed by atoms with Crippen molar-refractivity contribution in [1.82, 2.24) is 9.13 Å². The number of nitrogens with zero attached hydrogens (tertiary/aromatic N) is 3. The van der Waals surface area contributed by atoms with Crippen LogP contribution in [0.15, 0.2) is 200 Å². The number of rotatable bonds is 7. The summed E-state index contributed by atoms with van der Waals surface area (Å²) in [7, 11) is 0. The number of fused-ring (bicyclic) bond motifs is 6. The molecule has 0 atom stereocenters. The van der Waals surface area contributed by atoms with Crippen molar-refractivity contribution < 1.29 is 13.2 Å². The first-order chi connectivity index (χ1) is 35.3. The zero-order chi connectivity index (χ0) is 50.3. The van der Waals surface area contributed by atoms with Crippen LogP contribution in [0, 0.1) is 41.2 Å². The molecule has 0 radical (unpaired) electrons. The van der Waals surface area contributed by atoms with Crippen LogP contribution >= 0.6 is 0 Å². The molecule has 0 aliphatic heterocycles. The summed E-state index contributed by atoms with van der Waals surface area (Å²) in [4.78, 5) is 4.44. The topological polar surface area (TPSA) is 14.2 Å². The van der Waals surface area contributed by atoms with E-state index in [1.807, 2.05) is 10.6 Å². The number of halogens is 3. The Balaban J connectivity index is 1.21. The molecule has 10 aromatic carbocycles. The Kier molecular flexibility index (Phi) is 10.8. The summed E-state index contributed by atoms with van der Waals surface area (Å²) in [6.45, 7) is 19.3. The number of alkyl halides is 3. The van der Waals surface area contributed by atoms with Crippen molar-refractivity contribution in [2.45, 2.75) is 40.8 Å². The van der Waals surface area contributed by atoms with Gasteiger partial charge in [0.1, 0.15) is 0 Å². The van der Waals surface area contributed by atoms with Crippen LogP contribution in [-0.4, -0.2) is 9.13 Å². The molecule has 0 fully saturated rings. The Morgan fingerprint density at radius 2 is 0.740 bits per heavy atom. The van der Waals surface area contributed by atoms with Crippen molar-refractivity contribution in [3.63, 3.8) is 0 Å². The van der Waals surface area contributed by atoms with Gasteiger partial charge in [0.2, 0.25) is 5.69 Å². The Morgan fingerprint density at radius 1 is 0.384 bits per heavy atom. The molecule has 0 spiro atoms. The molecule has 0 aliphatic rings. The summed E-state index contributed by atoms with van der Waals surface area (Å²) in [5, 5.41) is 3.82. The lowest BCUT2D eigenvalue weighted by atomic mass is 9.92. The highest BCUT2D eigenvalue weighted by molar-refractivity contribution is 6.15. The Labute approximate surface area is 422 Å². The normalized spacial score (nSPS) is 11.8. The third kappa shape index (κ3) is 7.77.